The van der Waals surface area contributed by atoms with Crippen molar-refractivity contribution in [2.45, 2.75) is 380 Å². The lowest BCUT2D eigenvalue weighted by atomic mass is 10.0. The van der Waals surface area contributed by atoms with Gasteiger partial charge in [0.25, 0.3) is 0 Å². The summed E-state index contributed by atoms with van der Waals surface area (Å²) < 4.78 is 68.5. The number of carbonyl (C=O) groups is 4. The first-order chi connectivity index (χ1) is 47.7. The van der Waals surface area contributed by atoms with Gasteiger partial charge < -0.3 is 33.8 Å². The van der Waals surface area contributed by atoms with E-state index in [1.54, 1.807) is 0 Å². The Balaban J connectivity index is 5.35. The van der Waals surface area contributed by atoms with E-state index < -0.39 is 97.5 Å². The third-order valence-corrected chi connectivity index (χ3v) is 18.9. The Hall–Kier alpha value is -3.24. The Morgan fingerprint density at radius 1 is 0.296 bits per heavy atom. The third-order valence-electron chi connectivity index (χ3n) is 17.0. The number of allylic oxidation sites excluding steroid dienone is 10. The summed E-state index contributed by atoms with van der Waals surface area (Å²) >= 11 is 0. The number of esters is 4. The van der Waals surface area contributed by atoms with E-state index in [0.717, 1.165) is 141 Å². The average molecular weight is 1430 g/mol. The van der Waals surface area contributed by atoms with Crippen molar-refractivity contribution in [2.75, 3.05) is 39.6 Å². The zero-order valence-corrected chi connectivity index (χ0v) is 64.3. The van der Waals surface area contributed by atoms with E-state index in [-0.39, 0.29) is 25.7 Å². The van der Waals surface area contributed by atoms with Crippen molar-refractivity contribution in [3.8, 4) is 0 Å². The molecule has 0 rings (SSSR count). The second-order valence-electron chi connectivity index (χ2n) is 26.7. The van der Waals surface area contributed by atoms with Gasteiger partial charge in [-0.25, -0.2) is 9.13 Å². The molecule has 98 heavy (non-hydrogen) atoms. The largest absolute Gasteiger partial charge is 0.472 e. The molecule has 0 aromatic carbocycles. The predicted octanol–water partition coefficient (Wildman–Crippen LogP) is 22.7. The highest BCUT2D eigenvalue weighted by Crippen LogP contribution is 2.45. The summed E-state index contributed by atoms with van der Waals surface area (Å²) in [5.41, 5.74) is 0. The molecule has 0 spiro atoms. The van der Waals surface area contributed by atoms with Crippen LogP contribution in [0.1, 0.15) is 362 Å². The van der Waals surface area contributed by atoms with Crippen molar-refractivity contribution in [1.29, 1.82) is 0 Å². The minimum Gasteiger partial charge on any atom is -0.462 e. The van der Waals surface area contributed by atoms with E-state index in [4.69, 9.17) is 37.0 Å². The van der Waals surface area contributed by atoms with E-state index in [1.807, 2.05) is 0 Å². The van der Waals surface area contributed by atoms with Gasteiger partial charge in [0, 0.05) is 25.7 Å². The summed E-state index contributed by atoms with van der Waals surface area (Å²) in [6.07, 6.45) is 70.5. The number of unbranched alkanes of at least 4 members (excludes halogenated alkanes) is 40. The fourth-order valence-electron chi connectivity index (χ4n) is 10.9. The van der Waals surface area contributed by atoms with Gasteiger partial charge in [0.05, 0.1) is 26.4 Å². The molecule has 3 N–H and O–H groups in total. The third kappa shape index (κ3) is 71.2. The molecule has 17 nitrogen and oxygen atoms in total. The van der Waals surface area contributed by atoms with Gasteiger partial charge in [-0.3, -0.25) is 37.3 Å². The first-order valence-electron chi connectivity index (χ1n) is 39.5. The van der Waals surface area contributed by atoms with E-state index in [2.05, 4.69) is 88.5 Å². The quantitative estimate of drug-likeness (QED) is 0.0128. The van der Waals surface area contributed by atoms with Crippen LogP contribution in [0.15, 0.2) is 60.8 Å². The Morgan fingerprint density at radius 2 is 0.531 bits per heavy atom. The molecule has 0 saturated carbocycles. The van der Waals surface area contributed by atoms with Crippen molar-refractivity contribution in [3.63, 3.8) is 0 Å². The first-order valence-corrected chi connectivity index (χ1v) is 42.5. The smallest absolute Gasteiger partial charge is 0.462 e. The molecule has 0 amide bonds. The van der Waals surface area contributed by atoms with Crippen LogP contribution < -0.4 is 0 Å². The highest BCUT2D eigenvalue weighted by molar-refractivity contribution is 7.47. The van der Waals surface area contributed by atoms with Crippen LogP contribution in [-0.2, 0) is 65.4 Å². The molecule has 0 bridgehead atoms. The van der Waals surface area contributed by atoms with Crippen LogP contribution >= 0.6 is 15.6 Å². The van der Waals surface area contributed by atoms with E-state index in [0.29, 0.717) is 25.7 Å². The second kappa shape index (κ2) is 72.1. The van der Waals surface area contributed by atoms with Crippen LogP contribution in [-0.4, -0.2) is 96.7 Å². The molecular weight excluding hydrogens is 1280 g/mol. The van der Waals surface area contributed by atoms with Crippen LogP contribution in [0, 0.1) is 0 Å². The van der Waals surface area contributed by atoms with Gasteiger partial charge in [-0.05, 0) is 109 Å². The minimum absolute atomic E-state index is 0.0788. The van der Waals surface area contributed by atoms with Gasteiger partial charge in [0.2, 0.25) is 0 Å². The van der Waals surface area contributed by atoms with Gasteiger partial charge in [0.1, 0.15) is 19.3 Å². The Bertz CT molecular complexity index is 2100. The van der Waals surface area contributed by atoms with Crippen LogP contribution in [0.3, 0.4) is 0 Å². The molecular formula is C79H144O17P2. The summed E-state index contributed by atoms with van der Waals surface area (Å²) in [7, 11) is -9.95. The van der Waals surface area contributed by atoms with Crippen molar-refractivity contribution in [3.05, 3.63) is 60.8 Å². The van der Waals surface area contributed by atoms with Crippen molar-refractivity contribution in [2.24, 2.45) is 0 Å². The number of hydrogen-bond donors (Lipinski definition) is 3. The van der Waals surface area contributed by atoms with E-state index in [1.165, 1.54) is 141 Å². The number of rotatable bonds is 75. The topological polar surface area (TPSA) is 237 Å². The molecule has 0 radical (unpaired) electrons. The van der Waals surface area contributed by atoms with Crippen LogP contribution in [0.4, 0.5) is 0 Å². The SMILES string of the molecule is CCCCC/C=C\C/C=C\CCCCCCCC(=O)O[C@H](COC(=O)CCCCCCC/C=C\C=C/CCCCCC)COP(=O)(O)OC[C@H](O)COP(=O)(O)OC[C@@H](COC(=O)CCCCCCCCCCCCCCC)OC(=O)CCCCCCC/C=C\CCCCCCCC. The van der Waals surface area contributed by atoms with Gasteiger partial charge in [-0.1, -0.05) is 288 Å². The van der Waals surface area contributed by atoms with Gasteiger partial charge in [-0.2, -0.15) is 0 Å². The van der Waals surface area contributed by atoms with Crippen molar-refractivity contribution in [1.82, 2.24) is 0 Å². The second-order valence-corrected chi connectivity index (χ2v) is 29.6. The zero-order valence-electron chi connectivity index (χ0n) is 62.5. The van der Waals surface area contributed by atoms with Gasteiger partial charge >= 0.3 is 39.5 Å². The monoisotopic (exact) mass is 1430 g/mol. The standard InChI is InChI=1S/C79H144O17P2/c1-5-9-13-17-21-25-29-33-36-40-44-48-52-56-60-64-77(82)90-70-75(96-79(84)66-62-58-54-50-46-42-38-35-31-27-23-19-15-11-7-3)72-94-98(87,88)92-68-73(80)67-91-97(85,86)93-71-74(69-89-76(81)63-59-55-51-47-43-39-32-28-24-20-16-12-8-4)95-78(83)65-61-57-53-49-45-41-37-34-30-26-22-18-14-10-6-2/h23,25,27,29,33-38,73-75,80H,5-22,24,26,28,30-32,39-72H2,1-4H3,(H,85,86)(H,87,88)/b27-23-,29-25-,36-33-,37-34-,38-35-/t73-,74-,75-/m1/s1. The number of hydrogen-bond acceptors (Lipinski definition) is 15. The van der Waals surface area contributed by atoms with Crippen LogP contribution in [0.5, 0.6) is 0 Å². The highest BCUT2D eigenvalue weighted by atomic mass is 31.2. The molecule has 0 aromatic rings. The van der Waals surface area contributed by atoms with Gasteiger partial charge in [-0.15, -0.1) is 0 Å². The highest BCUT2D eigenvalue weighted by Gasteiger charge is 2.30. The molecule has 2 unspecified atom stereocenters. The van der Waals surface area contributed by atoms with Crippen LogP contribution in [0.2, 0.25) is 0 Å². The molecule has 0 aliphatic rings. The molecule has 572 valence electrons. The molecule has 0 heterocycles. The molecule has 0 fully saturated rings. The lowest BCUT2D eigenvalue weighted by Crippen LogP contribution is -2.30. The predicted molar refractivity (Wildman–Crippen MR) is 400 cm³/mol. The number of phosphoric ester groups is 2. The van der Waals surface area contributed by atoms with Crippen LogP contribution in [0.25, 0.3) is 0 Å². The average Bonchev–Trinajstić information content (AvgIpc) is 1.04. The maximum Gasteiger partial charge on any atom is 0.472 e. The van der Waals surface area contributed by atoms with Crippen molar-refractivity contribution < 1.29 is 80.2 Å². The fraction of sp³-hybridized carbons (Fsp3) is 0.823. The number of phosphoric acid groups is 2. The molecule has 5 atom stereocenters. The molecule has 19 heteroatoms. The van der Waals surface area contributed by atoms with Gasteiger partial charge in [0.15, 0.2) is 12.2 Å². The lowest BCUT2D eigenvalue weighted by molar-refractivity contribution is -0.161. The number of aliphatic hydroxyl groups excluding tert-OH is 1. The number of carbonyl (C=O) groups excluding carboxylic acids is 4. The van der Waals surface area contributed by atoms with E-state index in [9.17, 15) is 43.2 Å². The minimum atomic E-state index is -4.98. The molecule has 0 aliphatic heterocycles. The Morgan fingerprint density at radius 3 is 0.857 bits per heavy atom. The normalized spacial score (nSPS) is 14.2. The number of aliphatic hydroxyl groups is 1. The lowest BCUT2D eigenvalue weighted by Gasteiger charge is -2.21. The summed E-state index contributed by atoms with van der Waals surface area (Å²) in [5, 5.41) is 10.6. The molecule has 0 aliphatic carbocycles. The Kier molecular flexibility index (Phi) is 69.7. The maximum absolute atomic E-state index is 13.1. The Labute approximate surface area is 597 Å². The summed E-state index contributed by atoms with van der Waals surface area (Å²) in [6.45, 7) is 4.84. The van der Waals surface area contributed by atoms with E-state index >= 15 is 0 Å². The summed E-state index contributed by atoms with van der Waals surface area (Å²) in [6, 6.07) is 0. The maximum atomic E-state index is 13.1. The summed E-state index contributed by atoms with van der Waals surface area (Å²) in [4.78, 5) is 72.9. The fourth-order valence-corrected chi connectivity index (χ4v) is 12.5. The zero-order chi connectivity index (χ0) is 71.8. The molecule has 0 aromatic heterocycles. The van der Waals surface area contributed by atoms with Crippen molar-refractivity contribution >= 4 is 39.5 Å². The summed E-state index contributed by atoms with van der Waals surface area (Å²) in [5.74, 6) is -2.18. The first kappa shape index (κ1) is 94.8. The number of ether oxygens (including phenoxy) is 4. The molecule has 0 saturated heterocycles.